The summed E-state index contributed by atoms with van der Waals surface area (Å²) in [4.78, 5) is 14.3. The number of aromatic amines is 1. The van der Waals surface area contributed by atoms with Gasteiger partial charge in [-0.2, -0.15) is 5.10 Å². The number of H-pyrrole nitrogens is 1. The number of urea groups is 1. The van der Waals surface area contributed by atoms with Crippen LogP contribution >= 0.6 is 11.6 Å². The van der Waals surface area contributed by atoms with Gasteiger partial charge >= 0.3 is 6.03 Å². The number of anilines is 1. The molecule has 1 heterocycles. The van der Waals surface area contributed by atoms with E-state index in [0.29, 0.717) is 24.5 Å². The Hall–Kier alpha value is -2.83. The normalized spacial score (nSPS) is 10.6. The minimum absolute atomic E-state index is 0.0190. The lowest BCUT2D eigenvalue weighted by Gasteiger charge is -2.23. The molecule has 0 unspecified atom stereocenters. The topological polar surface area (TPSA) is 81.2 Å². The Morgan fingerprint density at radius 1 is 1.19 bits per heavy atom. The lowest BCUT2D eigenvalue weighted by molar-refractivity contribution is 0.244. The minimum Gasteiger partial charge on any atom is -0.396 e. The molecule has 2 aromatic carbocycles. The molecule has 0 aliphatic rings. The first-order valence-electron chi connectivity index (χ1n) is 8.67. The maximum atomic E-state index is 12.7. The van der Waals surface area contributed by atoms with Gasteiger partial charge in [0.05, 0.1) is 6.20 Å². The molecule has 0 atom stereocenters. The van der Waals surface area contributed by atoms with Crippen LogP contribution in [0.4, 0.5) is 10.5 Å². The number of carbonyl (C=O) groups is 1. The van der Waals surface area contributed by atoms with E-state index < -0.39 is 0 Å². The van der Waals surface area contributed by atoms with Gasteiger partial charge in [0.1, 0.15) is 0 Å². The molecule has 0 aliphatic carbocycles. The van der Waals surface area contributed by atoms with E-state index in [1.54, 1.807) is 17.2 Å². The molecule has 7 heteroatoms. The number of halogens is 1. The highest BCUT2D eigenvalue weighted by Gasteiger charge is 2.15. The van der Waals surface area contributed by atoms with Gasteiger partial charge in [-0.05, 0) is 41.8 Å². The van der Waals surface area contributed by atoms with Gasteiger partial charge in [-0.3, -0.25) is 10.00 Å². The number of hydrogen-bond acceptors (Lipinski definition) is 3. The van der Waals surface area contributed by atoms with Crippen LogP contribution in [0.1, 0.15) is 12.0 Å². The second kappa shape index (κ2) is 9.21. The van der Waals surface area contributed by atoms with Crippen LogP contribution in [0.2, 0.25) is 5.02 Å². The summed E-state index contributed by atoms with van der Waals surface area (Å²) in [5.74, 6) is 0. The Bertz CT molecular complexity index is 866. The van der Waals surface area contributed by atoms with Crippen molar-refractivity contribution in [3.8, 4) is 11.1 Å². The summed E-state index contributed by atoms with van der Waals surface area (Å²) in [6.45, 7) is 0.816. The number of nitrogens with zero attached hydrogens (tertiary/aromatic N) is 2. The summed E-state index contributed by atoms with van der Waals surface area (Å²) < 4.78 is 0. The van der Waals surface area contributed by atoms with E-state index in [9.17, 15) is 4.79 Å². The Morgan fingerprint density at radius 2 is 2.00 bits per heavy atom. The first kappa shape index (κ1) is 18.9. The fourth-order valence-electron chi connectivity index (χ4n) is 2.74. The lowest BCUT2D eigenvalue weighted by Crippen LogP contribution is -2.40. The zero-order valence-electron chi connectivity index (χ0n) is 14.7. The molecular formula is C20H21ClN4O2. The fourth-order valence-corrected chi connectivity index (χ4v) is 2.95. The summed E-state index contributed by atoms with van der Waals surface area (Å²) in [5.41, 5.74) is 3.68. The van der Waals surface area contributed by atoms with Crippen molar-refractivity contribution >= 4 is 23.3 Å². The maximum absolute atomic E-state index is 12.7. The molecule has 140 valence electrons. The third-order valence-electron chi connectivity index (χ3n) is 4.13. The van der Waals surface area contributed by atoms with Gasteiger partial charge in [-0.1, -0.05) is 35.9 Å². The fraction of sp³-hybridized carbons (Fsp3) is 0.200. The molecule has 0 radical (unpaired) electrons. The lowest BCUT2D eigenvalue weighted by atomic mass is 10.1. The van der Waals surface area contributed by atoms with E-state index in [0.717, 1.165) is 22.4 Å². The summed E-state index contributed by atoms with van der Waals surface area (Å²) in [6.07, 6.45) is 4.06. The largest absolute Gasteiger partial charge is 0.396 e. The third kappa shape index (κ3) is 5.09. The number of amides is 2. The Labute approximate surface area is 162 Å². The maximum Gasteiger partial charge on any atom is 0.322 e. The Balaban J connectivity index is 1.71. The van der Waals surface area contributed by atoms with Gasteiger partial charge in [-0.25, -0.2) is 4.79 Å². The molecule has 0 saturated carbocycles. The summed E-state index contributed by atoms with van der Waals surface area (Å²) in [6, 6.07) is 14.8. The molecule has 1 aromatic heterocycles. The molecule has 27 heavy (non-hydrogen) atoms. The Kier molecular flexibility index (Phi) is 6.46. The molecular weight excluding hydrogens is 364 g/mol. The number of hydrogen-bond donors (Lipinski definition) is 3. The first-order valence-corrected chi connectivity index (χ1v) is 9.05. The van der Waals surface area contributed by atoms with Crippen LogP contribution in [-0.4, -0.2) is 34.5 Å². The van der Waals surface area contributed by atoms with Crippen LogP contribution in [0, 0.1) is 0 Å². The highest BCUT2D eigenvalue weighted by Crippen LogP contribution is 2.22. The first-order chi connectivity index (χ1) is 13.2. The average Bonchev–Trinajstić information content (AvgIpc) is 3.22. The summed E-state index contributed by atoms with van der Waals surface area (Å²) >= 11 is 5.99. The molecule has 3 aromatic rings. The zero-order valence-corrected chi connectivity index (χ0v) is 15.5. The molecule has 0 fully saturated rings. The van der Waals surface area contributed by atoms with Crippen LogP contribution in [0.3, 0.4) is 0 Å². The van der Waals surface area contributed by atoms with Crippen LogP contribution in [0.25, 0.3) is 11.1 Å². The van der Waals surface area contributed by atoms with Gasteiger partial charge in [0, 0.05) is 42.2 Å². The number of rotatable bonds is 7. The number of aliphatic hydroxyl groups excluding tert-OH is 1. The van der Waals surface area contributed by atoms with Gasteiger partial charge in [0.25, 0.3) is 0 Å². The number of carbonyl (C=O) groups excluding carboxylic acids is 1. The second-order valence-corrected chi connectivity index (χ2v) is 6.49. The van der Waals surface area contributed by atoms with E-state index in [-0.39, 0.29) is 12.6 Å². The van der Waals surface area contributed by atoms with E-state index in [1.165, 1.54) is 0 Å². The number of aromatic nitrogens is 2. The van der Waals surface area contributed by atoms with Crippen molar-refractivity contribution < 1.29 is 9.90 Å². The number of aliphatic hydroxyl groups is 1. The van der Waals surface area contributed by atoms with Crippen molar-refractivity contribution in [1.29, 1.82) is 0 Å². The SMILES string of the molecule is O=C(NCc1cccc(Cl)c1)N(CCCO)c1ccc(-c2cn[nH]c2)cc1. The monoisotopic (exact) mass is 384 g/mol. The molecule has 6 nitrogen and oxygen atoms in total. The summed E-state index contributed by atoms with van der Waals surface area (Å²) in [7, 11) is 0. The van der Waals surface area contributed by atoms with Crippen molar-refractivity contribution in [2.24, 2.45) is 0 Å². The van der Waals surface area contributed by atoms with E-state index in [4.69, 9.17) is 16.7 Å². The van der Waals surface area contributed by atoms with E-state index in [2.05, 4.69) is 15.5 Å². The predicted molar refractivity (Wildman–Crippen MR) is 107 cm³/mol. The highest BCUT2D eigenvalue weighted by molar-refractivity contribution is 6.30. The third-order valence-corrected chi connectivity index (χ3v) is 4.36. The molecule has 3 N–H and O–H groups in total. The molecule has 3 rings (SSSR count). The van der Waals surface area contributed by atoms with Gasteiger partial charge in [0.15, 0.2) is 0 Å². The molecule has 0 bridgehead atoms. The molecule has 2 amide bonds. The number of nitrogens with one attached hydrogen (secondary N) is 2. The van der Waals surface area contributed by atoms with Crippen molar-refractivity contribution in [2.45, 2.75) is 13.0 Å². The average molecular weight is 385 g/mol. The van der Waals surface area contributed by atoms with Gasteiger partial charge in [-0.15, -0.1) is 0 Å². The molecule has 0 aliphatic heterocycles. The van der Waals surface area contributed by atoms with Crippen LogP contribution in [0.15, 0.2) is 60.9 Å². The second-order valence-electron chi connectivity index (χ2n) is 6.05. The van der Waals surface area contributed by atoms with Crippen molar-refractivity contribution in [2.75, 3.05) is 18.1 Å². The summed E-state index contributed by atoms with van der Waals surface area (Å²) in [5, 5.41) is 19.4. The Morgan fingerprint density at radius 3 is 2.67 bits per heavy atom. The van der Waals surface area contributed by atoms with E-state index >= 15 is 0 Å². The van der Waals surface area contributed by atoms with E-state index in [1.807, 2.05) is 48.7 Å². The standard InChI is InChI=1S/C20H21ClN4O2/c21-18-4-1-3-15(11-18)12-22-20(27)25(9-2-10-26)19-7-5-16(6-8-19)17-13-23-24-14-17/h1,3-8,11,13-14,26H,2,9-10,12H2,(H,22,27)(H,23,24). The van der Waals surface area contributed by atoms with Crippen molar-refractivity contribution in [3.63, 3.8) is 0 Å². The van der Waals surface area contributed by atoms with Gasteiger partial charge in [0.2, 0.25) is 0 Å². The molecule has 0 spiro atoms. The zero-order chi connectivity index (χ0) is 19.1. The van der Waals surface area contributed by atoms with Crippen LogP contribution < -0.4 is 10.2 Å². The number of benzene rings is 2. The van der Waals surface area contributed by atoms with Crippen LogP contribution in [0.5, 0.6) is 0 Å². The minimum atomic E-state index is -0.223. The quantitative estimate of drug-likeness (QED) is 0.579. The smallest absolute Gasteiger partial charge is 0.322 e. The molecule has 0 saturated heterocycles. The van der Waals surface area contributed by atoms with Crippen LogP contribution in [-0.2, 0) is 6.54 Å². The predicted octanol–water partition coefficient (Wildman–Crippen LogP) is 3.83. The highest BCUT2D eigenvalue weighted by atomic mass is 35.5. The van der Waals surface area contributed by atoms with Gasteiger partial charge < -0.3 is 10.4 Å². The van der Waals surface area contributed by atoms with Crippen molar-refractivity contribution in [3.05, 3.63) is 71.5 Å². The van der Waals surface area contributed by atoms with Crippen molar-refractivity contribution in [1.82, 2.24) is 15.5 Å².